The number of hydrogen-bond donors (Lipinski definition) is 0. The third-order valence-corrected chi connectivity index (χ3v) is 2.73. The van der Waals surface area contributed by atoms with E-state index < -0.39 is 0 Å². The maximum atomic E-state index is 5.07. The van der Waals surface area contributed by atoms with Gasteiger partial charge in [-0.05, 0) is 6.42 Å². The zero-order valence-electron chi connectivity index (χ0n) is 11.5. The fraction of sp³-hybridized carbons (Fsp3) is 0.857. The fourth-order valence-corrected chi connectivity index (χ4v) is 1.76. The molecule has 0 heterocycles. The van der Waals surface area contributed by atoms with Crippen molar-refractivity contribution in [3.8, 4) is 0 Å². The molecule has 0 unspecified atom stereocenters. The predicted octanol–water partition coefficient (Wildman–Crippen LogP) is 4.69. The maximum absolute atomic E-state index is 5.07. The minimum atomic E-state index is 0. The number of unbranched alkanes of at least 4 members (excludes halogenated alkanes) is 9. The second-order valence-electron chi connectivity index (χ2n) is 4.22. The first kappa shape index (κ1) is 18.9. The van der Waals surface area contributed by atoms with Crippen molar-refractivity contribution in [2.45, 2.75) is 71.1 Å². The first-order chi connectivity index (χ1) is 7.41. The molecule has 16 heavy (non-hydrogen) atoms. The van der Waals surface area contributed by atoms with Crippen LogP contribution in [0.1, 0.15) is 71.1 Å². The molecule has 0 bridgehead atoms. The molecule has 0 aliphatic rings. The average Bonchev–Trinajstić information content (AvgIpc) is 2.26. The summed E-state index contributed by atoms with van der Waals surface area (Å²) in [5.41, 5.74) is 0. The molecule has 0 aromatic rings. The summed E-state index contributed by atoms with van der Waals surface area (Å²) in [6.07, 6.45) is 15.3. The quantitative estimate of drug-likeness (QED) is 0.271. The van der Waals surface area contributed by atoms with Gasteiger partial charge in [0.05, 0.1) is 12.9 Å². The molecular weight excluding hydrogens is 207 g/mol. The van der Waals surface area contributed by atoms with Crippen LogP contribution in [0.25, 0.3) is 0 Å². The second kappa shape index (κ2) is 17.9. The molecule has 0 saturated heterocycles. The largest absolute Gasteiger partial charge is 0.502 e. The van der Waals surface area contributed by atoms with E-state index in [9.17, 15) is 0 Å². The van der Waals surface area contributed by atoms with E-state index in [4.69, 9.17) is 4.74 Å². The van der Waals surface area contributed by atoms with Crippen molar-refractivity contribution >= 4 is 29.6 Å². The first-order valence-corrected chi connectivity index (χ1v) is 6.64. The van der Waals surface area contributed by atoms with Crippen LogP contribution in [-0.4, -0.2) is 36.2 Å². The van der Waals surface area contributed by atoms with Gasteiger partial charge < -0.3 is 4.74 Å². The van der Waals surface area contributed by atoms with Gasteiger partial charge in [0, 0.05) is 29.6 Å². The van der Waals surface area contributed by atoms with E-state index in [0.717, 1.165) is 6.61 Å². The van der Waals surface area contributed by atoms with E-state index >= 15 is 0 Å². The van der Waals surface area contributed by atoms with Crippen molar-refractivity contribution in [3.05, 3.63) is 12.8 Å². The minimum absolute atomic E-state index is 0. The van der Waals surface area contributed by atoms with Crippen molar-refractivity contribution in [1.82, 2.24) is 0 Å². The Morgan fingerprint density at radius 2 is 1.25 bits per heavy atom. The van der Waals surface area contributed by atoms with Crippen LogP contribution in [0, 0.1) is 0 Å². The van der Waals surface area contributed by atoms with Crippen LogP contribution in [0.15, 0.2) is 12.8 Å². The first-order valence-electron chi connectivity index (χ1n) is 6.64. The SMILES string of the molecule is C=COCCCCCCCCCCCC.[Na]. The topological polar surface area (TPSA) is 9.23 Å². The number of ether oxygens (including phenoxy) is 1. The Morgan fingerprint density at radius 1 is 0.812 bits per heavy atom. The second-order valence-corrected chi connectivity index (χ2v) is 4.22. The molecule has 0 aliphatic carbocycles. The zero-order valence-corrected chi connectivity index (χ0v) is 13.5. The van der Waals surface area contributed by atoms with Crippen LogP contribution in [0.4, 0.5) is 0 Å². The third-order valence-electron chi connectivity index (χ3n) is 2.73. The molecule has 0 atom stereocenters. The molecule has 1 nitrogen and oxygen atoms in total. The van der Waals surface area contributed by atoms with E-state index in [1.54, 1.807) is 0 Å². The Balaban J connectivity index is 0. The van der Waals surface area contributed by atoms with Crippen LogP contribution in [0.2, 0.25) is 0 Å². The van der Waals surface area contributed by atoms with Crippen LogP contribution >= 0.6 is 0 Å². The molecule has 0 N–H and O–H groups in total. The van der Waals surface area contributed by atoms with Gasteiger partial charge >= 0.3 is 0 Å². The Morgan fingerprint density at radius 3 is 1.69 bits per heavy atom. The van der Waals surface area contributed by atoms with Gasteiger partial charge in [0.2, 0.25) is 0 Å². The van der Waals surface area contributed by atoms with E-state index in [0.29, 0.717) is 0 Å². The van der Waals surface area contributed by atoms with Gasteiger partial charge in [0.1, 0.15) is 0 Å². The van der Waals surface area contributed by atoms with E-state index in [2.05, 4.69) is 13.5 Å². The van der Waals surface area contributed by atoms with Gasteiger partial charge in [0.25, 0.3) is 0 Å². The minimum Gasteiger partial charge on any atom is -0.502 e. The third kappa shape index (κ3) is 17.0. The summed E-state index contributed by atoms with van der Waals surface area (Å²) in [7, 11) is 0. The van der Waals surface area contributed by atoms with Crippen molar-refractivity contribution in [2.75, 3.05) is 6.61 Å². The Hall–Kier alpha value is 0.540. The molecule has 0 aliphatic heterocycles. The molecule has 2 heteroatoms. The van der Waals surface area contributed by atoms with Crippen molar-refractivity contribution < 1.29 is 4.74 Å². The Kier molecular flexibility index (Phi) is 21.2. The summed E-state index contributed by atoms with van der Waals surface area (Å²) in [5, 5.41) is 0. The molecule has 1 radical (unpaired) electrons. The smallest absolute Gasteiger partial charge is 0.0873 e. The van der Waals surface area contributed by atoms with Crippen molar-refractivity contribution in [3.63, 3.8) is 0 Å². The molecule has 91 valence electrons. The average molecular weight is 235 g/mol. The number of hydrogen-bond acceptors (Lipinski definition) is 1. The zero-order chi connectivity index (χ0) is 11.2. The molecule has 0 rings (SSSR count). The van der Waals surface area contributed by atoms with Crippen molar-refractivity contribution in [2.24, 2.45) is 0 Å². The van der Waals surface area contributed by atoms with Crippen LogP contribution in [0.5, 0.6) is 0 Å². The monoisotopic (exact) mass is 235 g/mol. The van der Waals surface area contributed by atoms with Gasteiger partial charge in [0.15, 0.2) is 0 Å². The predicted molar refractivity (Wildman–Crippen MR) is 73.7 cm³/mol. The molecule has 0 aromatic heterocycles. The van der Waals surface area contributed by atoms with Crippen molar-refractivity contribution in [1.29, 1.82) is 0 Å². The molecule has 0 spiro atoms. The summed E-state index contributed by atoms with van der Waals surface area (Å²) < 4.78 is 5.07. The summed E-state index contributed by atoms with van der Waals surface area (Å²) in [5.74, 6) is 0. The molecule has 0 saturated carbocycles. The maximum Gasteiger partial charge on any atom is 0.0873 e. The summed E-state index contributed by atoms with van der Waals surface area (Å²) in [6, 6.07) is 0. The normalized spacial score (nSPS) is 9.56. The Labute approximate surface area is 124 Å². The van der Waals surface area contributed by atoms with Crippen LogP contribution < -0.4 is 0 Å². The van der Waals surface area contributed by atoms with Gasteiger partial charge in [-0.25, -0.2) is 0 Å². The van der Waals surface area contributed by atoms with Gasteiger partial charge in [-0.15, -0.1) is 0 Å². The van der Waals surface area contributed by atoms with E-state index in [1.807, 2.05) is 0 Å². The molecule has 0 aromatic carbocycles. The number of rotatable bonds is 12. The summed E-state index contributed by atoms with van der Waals surface area (Å²) >= 11 is 0. The van der Waals surface area contributed by atoms with Crippen LogP contribution in [-0.2, 0) is 4.74 Å². The summed E-state index contributed by atoms with van der Waals surface area (Å²) in [6.45, 7) is 6.64. The van der Waals surface area contributed by atoms with Gasteiger partial charge in [-0.1, -0.05) is 71.3 Å². The van der Waals surface area contributed by atoms with E-state index in [-0.39, 0.29) is 29.6 Å². The molecular formula is C14H28NaO. The van der Waals surface area contributed by atoms with Crippen LogP contribution in [0.3, 0.4) is 0 Å². The Bertz CT molecular complexity index is 126. The molecule has 0 fully saturated rings. The van der Waals surface area contributed by atoms with Gasteiger partial charge in [-0.2, -0.15) is 0 Å². The van der Waals surface area contributed by atoms with E-state index in [1.165, 1.54) is 70.5 Å². The standard InChI is InChI=1S/C14H28O.Na/c1-3-5-6-7-8-9-10-11-12-13-14-15-4-2;/h4H,2-3,5-14H2,1H3;. The molecule has 0 amide bonds. The summed E-state index contributed by atoms with van der Waals surface area (Å²) in [4.78, 5) is 0. The fourth-order valence-electron chi connectivity index (χ4n) is 1.76. The van der Waals surface area contributed by atoms with Gasteiger partial charge in [-0.3, -0.25) is 0 Å².